The lowest BCUT2D eigenvalue weighted by molar-refractivity contribution is 0.102. The van der Waals surface area contributed by atoms with Crippen LogP contribution in [0.2, 0.25) is 0 Å². The molecule has 0 aliphatic rings. The van der Waals surface area contributed by atoms with E-state index in [4.69, 9.17) is 4.42 Å². The fourth-order valence-corrected chi connectivity index (χ4v) is 2.07. The van der Waals surface area contributed by atoms with Crippen molar-refractivity contribution in [2.24, 2.45) is 0 Å². The Morgan fingerprint density at radius 3 is 2.52 bits per heavy atom. The lowest BCUT2D eigenvalue weighted by atomic mass is 10.2. The lowest BCUT2D eigenvalue weighted by Crippen LogP contribution is -2.13. The van der Waals surface area contributed by atoms with Crippen LogP contribution in [0, 0.1) is 6.92 Å². The zero-order chi connectivity index (χ0) is 16.1. The van der Waals surface area contributed by atoms with E-state index in [1.807, 2.05) is 49.4 Å². The molecule has 0 spiro atoms. The fourth-order valence-electron chi connectivity index (χ4n) is 2.07. The molecule has 0 fully saturated rings. The van der Waals surface area contributed by atoms with E-state index in [0.717, 1.165) is 22.7 Å². The molecule has 0 saturated carbocycles. The number of hydrogen-bond acceptors (Lipinski definition) is 4. The van der Waals surface area contributed by atoms with Crippen LogP contribution in [0.3, 0.4) is 0 Å². The molecule has 5 nitrogen and oxygen atoms in total. The zero-order valence-corrected chi connectivity index (χ0v) is 12.7. The van der Waals surface area contributed by atoms with E-state index >= 15 is 0 Å². The van der Waals surface area contributed by atoms with Crippen LogP contribution in [0.4, 0.5) is 11.4 Å². The summed E-state index contributed by atoms with van der Waals surface area (Å²) in [6.07, 6.45) is 3.26. The van der Waals surface area contributed by atoms with E-state index in [1.165, 1.54) is 0 Å². The van der Waals surface area contributed by atoms with Gasteiger partial charge in [0.25, 0.3) is 5.91 Å². The van der Waals surface area contributed by atoms with Gasteiger partial charge in [0.1, 0.15) is 11.5 Å². The van der Waals surface area contributed by atoms with Crippen LogP contribution in [0.1, 0.15) is 21.8 Å². The molecule has 0 atom stereocenters. The van der Waals surface area contributed by atoms with Gasteiger partial charge >= 0.3 is 0 Å². The van der Waals surface area contributed by atoms with Crippen molar-refractivity contribution in [1.29, 1.82) is 0 Å². The molecule has 2 aromatic heterocycles. The average molecular weight is 307 g/mol. The third kappa shape index (κ3) is 3.97. The minimum Gasteiger partial charge on any atom is -0.467 e. The molecule has 2 N–H and O–H groups in total. The maximum absolute atomic E-state index is 12.1. The van der Waals surface area contributed by atoms with E-state index in [9.17, 15) is 4.79 Å². The smallest absolute Gasteiger partial charge is 0.274 e. The normalized spacial score (nSPS) is 10.3. The van der Waals surface area contributed by atoms with Gasteiger partial charge in [0.15, 0.2) is 0 Å². The number of anilines is 2. The van der Waals surface area contributed by atoms with Crippen LogP contribution in [0.5, 0.6) is 0 Å². The molecule has 0 aliphatic heterocycles. The molecule has 0 radical (unpaired) electrons. The topological polar surface area (TPSA) is 67.2 Å². The van der Waals surface area contributed by atoms with Crippen LogP contribution in [0.25, 0.3) is 0 Å². The summed E-state index contributed by atoms with van der Waals surface area (Å²) in [6, 6.07) is 14.9. The van der Waals surface area contributed by atoms with Crippen molar-refractivity contribution >= 4 is 17.3 Å². The van der Waals surface area contributed by atoms with Gasteiger partial charge in [-0.05, 0) is 43.3 Å². The van der Waals surface area contributed by atoms with Gasteiger partial charge in [0, 0.05) is 5.69 Å². The number of nitrogens with zero attached hydrogens (tertiary/aromatic N) is 1. The van der Waals surface area contributed by atoms with Crippen LogP contribution in [-0.4, -0.2) is 10.9 Å². The molecule has 0 aliphatic carbocycles. The van der Waals surface area contributed by atoms with E-state index in [-0.39, 0.29) is 5.91 Å². The summed E-state index contributed by atoms with van der Waals surface area (Å²) in [4.78, 5) is 16.3. The number of nitrogens with one attached hydrogen (secondary N) is 2. The van der Waals surface area contributed by atoms with Crippen LogP contribution in [-0.2, 0) is 6.54 Å². The molecule has 23 heavy (non-hydrogen) atoms. The first-order chi connectivity index (χ1) is 11.2. The number of carbonyl (C=O) groups excluding carboxylic acids is 1. The standard InChI is InChI=1S/C18H17N3O2/c1-13-4-6-14(7-5-13)21-18(22)17-9-8-15(11-20-17)19-12-16-3-2-10-23-16/h2-11,19H,12H2,1H3,(H,21,22). The molecule has 3 aromatic rings. The number of hydrogen-bond donors (Lipinski definition) is 2. The molecule has 1 aromatic carbocycles. The highest BCUT2D eigenvalue weighted by atomic mass is 16.3. The summed E-state index contributed by atoms with van der Waals surface area (Å²) in [6.45, 7) is 2.57. The van der Waals surface area contributed by atoms with Crippen molar-refractivity contribution in [3.8, 4) is 0 Å². The first kappa shape index (κ1) is 14.8. The number of benzene rings is 1. The molecular formula is C18H17N3O2. The second-order valence-corrected chi connectivity index (χ2v) is 5.19. The van der Waals surface area contributed by atoms with Crippen molar-refractivity contribution in [2.45, 2.75) is 13.5 Å². The molecule has 0 unspecified atom stereocenters. The highest BCUT2D eigenvalue weighted by Gasteiger charge is 2.07. The zero-order valence-electron chi connectivity index (χ0n) is 12.7. The SMILES string of the molecule is Cc1ccc(NC(=O)c2ccc(NCc3ccco3)cn2)cc1. The Morgan fingerprint density at radius 1 is 1.09 bits per heavy atom. The summed E-state index contributed by atoms with van der Waals surface area (Å²) in [5, 5.41) is 6.00. The number of rotatable bonds is 5. The van der Waals surface area contributed by atoms with E-state index < -0.39 is 0 Å². The molecule has 0 bridgehead atoms. The third-order valence-electron chi connectivity index (χ3n) is 3.35. The predicted molar refractivity (Wildman–Crippen MR) is 89.4 cm³/mol. The Morgan fingerprint density at radius 2 is 1.87 bits per heavy atom. The van der Waals surface area contributed by atoms with E-state index in [2.05, 4.69) is 15.6 Å². The molecule has 0 saturated heterocycles. The summed E-state index contributed by atoms with van der Waals surface area (Å²) in [5.74, 6) is 0.609. The Labute approximate surface area is 134 Å². The Bertz CT molecular complexity index is 763. The van der Waals surface area contributed by atoms with Gasteiger partial charge in [-0.25, -0.2) is 4.98 Å². The fraction of sp³-hybridized carbons (Fsp3) is 0.111. The van der Waals surface area contributed by atoms with Gasteiger partial charge in [-0.15, -0.1) is 0 Å². The van der Waals surface area contributed by atoms with Crippen LogP contribution < -0.4 is 10.6 Å². The average Bonchev–Trinajstić information content (AvgIpc) is 3.09. The molecule has 116 valence electrons. The van der Waals surface area contributed by atoms with E-state index in [0.29, 0.717) is 12.2 Å². The number of carbonyl (C=O) groups is 1. The van der Waals surface area contributed by atoms with Gasteiger partial charge in [0.2, 0.25) is 0 Å². The summed E-state index contributed by atoms with van der Waals surface area (Å²) in [5.41, 5.74) is 3.10. The van der Waals surface area contributed by atoms with Gasteiger partial charge in [-0.3, -0.25) is 4.79 Å². The number of amides is 1. The van der Waals surface area contributed by atoms with Crippen LogP contribution >= 0.6 is 0 Å². The van der Waals surface area contributed by atoms with Gasteiger partial charge in [-0.2, -0.15) is 0 Å². The quantitative estimate of drug-likeness (QED) is 0.751. The Balaban J connectivity index is 1.59. The van der Waals surface area contributed by atoms with Crippen molar-refractivity contribution in [3.63, 3.8) is 0 Å². The second kappa shape index (κ2) is 6.79. The largest absolute Gasteiger partial charge is 0.467 e. The molecule has 5 heteroatoms. The summed E-state index contributed by atoms with van der Waals surface area (Å²) >= 11 is 0. The number of pyridine rings is 1. The highest BCUT2D eigenvalue weighted by molar-refractivity contribution is 6.02. The van der Waals surface area contributed by atoms with Crippen molar-refractivity contribution in [3.05, 3.63) is 78.0 Å². The van der Waals surface area contributed by atoms with Crippen molar-refractivity contribution < 1.29 is 9.21 Å². The van der Waals surface area contributed by atoms with Crippen molar-refractivity contribution in [1.82, 2.24) is 4.98 Å². The Kier molecular flexibility index (Phi) is 4.38. The first-order valence-corrected chi connectivity index (χ1v) is 7.31. The first-order valence-electron chi connectivity index (χ1n) is 7.31. The number of aryl methyl sites for hydroxylation is 1. The number of aromatic nitrogens is 1. The summed E-state index contributed by atoms with van der Waals surface area (Å²) < 4.78 is 5.24. The monoisotopic (exact) mass is 307 g/mol. The third-order valence-corrected chi connectivity index (χ3v) is 3.35. The van der Waals surface area contributed by atoms with Crippen molar-refractivity contribution in [2.75, 3.05) is 10.6 Å². The molecule has 3 rings (SSSR count). The minimum absolute atomic E-state index is 0.230. The maximum atomic E-state index is 12.1. The Hall–Kier alpha value is -3.08. The molecular weight excluding hydrogens is 290 g/mol. The minimum atomic E-state index is -0.230. The lowest BCUT2D eigenvalue weighted by Gasteiger charge is -2.07. The van der Waals surface area contributed by atoms with E-state index in [1.54, 1.807) is 18.5 Å². The molecule has 1 amide bonds. The van der Waals surface area contributed by atoms with Gasteiger partial charge < -0.3 is 15.1 Å². The van der Waals surface area contributed by atoms with Crippen LogP contribution in [0.15, 0.2) is 65.4 Å². The number of furan rings is 1. The van der Waals surface area contributed by atoms with Gasteiger partial charge in [0.05, 0.1) is 24.7 Å². The summed E-state index contributed by atoms with van der Waals surface area (Å²) in [7, 11) is 0. The molecule has 2 heterocycles. The predicted octanol–water partition coefficient (Wildman–Crippen LogP) is 3.85. The maximum Gasteiger partial charge on any atom is 0.274 e. The second-order valence-electron chi connectivity index (χ2n) is 5.19. The van der Waals surface area contributed by atoms with Gasteiger partial charge in [-0.1, -0.05) is 17.7 Å². The highest BCUT2D eigenvalue weighted by Crippen LogP contribution is 2.12.